The fourth-order valence-corrected chi connectivity index (χ4v) is 4.82. The smallest absolute Gasteiger partial charge is 0.273 e. The molecule has 0 saturated carbocycles. The number of nitrogens with zero attached hydrogens (tertiary/aromatic N) is 3. The summed E-state index contributed by atoms with van der Waals surface area (Å²) in [6, 6.07) is 9.05. The summed E-state index contributed by atoms with van der Waals surface area (Å²) in [7, 11) is 2.21. The molecule has 1 aromatic carbocycles. The molecule has 2 fully saturated rings. The lowest BCUT2D eigenvalue weighted by Crippen LogP contribution is -2.33. The van der Waals surface area contributed by atoms with Crippen molar-refractivity contribution in [1.82, 2.24) is 14.8 Å². The molecule has 2 aliphatic heterocycles. The molecule has 4 nitrogen and oxygen atoms in total. The minimum atomic E-state index is 0.0897. The van der Waals surface area contributed by atoms with Crippen LogP contribution in [0.5, 0.6) is 0 Å². The topological polar surface area (TPSA) is 36.4 Å². The molecule has 0 unspecified atom stereocenters. The van der Waals surface area contributed by atoms with Gasteiger partial charge in [0.05, 0.1) is 5.51 Å². The lowest BCUT2D eigenvalue weighted by atomic mass is 9.88. The number of rotatable bonds is 2. The number of benzene rings is 1. The minimum absolute atomic E-state index is 0.0897. The molecule has 4 rings (SSSR count). The Morgan fingerprint density at radius 2 is 2.09 bits per heavy atom. The summed E-state index contributed by atoms with van der Waals surface area (Å²) in [5.41, 5.74) is 5.07. The van der Waals surface area contributed by atoms with Crippen LogP contribution in [0, 0.1) is 18.8 Å². The van der Waals surface area contributed by atoms with Gasteiger partial charge in [0.15, 0.2) is 0 Å². The van der Waals surface area contributed by atoms with Crippen LogP contribution in [-0.4, -0.2) is 47.4 Å². The number of amides is 1. The molecule has 2 saturated heterocycles. The SMILES string of the molecule is Cc1ccccc1[C@@H]1[C@@H]2CN(C(=O)c3cscn3)C[C@@H]2CN1C. The molecule has 3 heterocycles. The van der Waals surface area contributed by atoms with E-state index >= 15 is 0 Å². The summed E-state index contributed by atoms with van der Waals surface area (Å²) in [5.74, 6) is 1.17. The predicted octanol–water partition coefficient (Wildman–Crippen LogP) is 2.83. The van der Waals surface area contributed by atoms with Gasteiger partial charge in [0.25, 0.3) is 5.91 Å². The quantitative estimate of drug-likeness (QED) is 0.851. The third-order valence-electron chi connectivity index (χ3n) is 5.34. The number of hydrogen-bond donors (Lipinski definition) is 0. The van der Waals surface area contributed by atoms with Gasteiger partial charge in [-0.1, -0.05) is 24.3 Å². The van der Waals surface area contributed by atoms with Crippen LogP contribution in [0.4, 0.5) is 0 Å². The number of fused-ring (bicyclic) bond motifs is 1. The summed E-state index contributed by atoms with van der Waals surface area (Å²) in [6.07, 6.45) is 0. The Bertz CT molecular complexity index is 715. The molecule has 0 bridgehead atoms. The molecule has 2 aromatic rings. The van der Waals surface area contributed by atoms with Crippen LogP contribution < -0.4 is 0 Å². The van der Waals surface area contributed by atoms with Gasteiger partial charge in [0.2, 0.25) is 0 Å². The molecule has 2 aliphatic rings. The van der Waals surface area contributed by atoms with Crippen molar-refractivity contribution in [3.8, 4) is 0 Å². The second-order valence-corrected chi connectivity index (χ2v) is 7.47. The van der Waals surface area contributed by atoms with E-state index in [0.29, 0.717) is 23.6 Å². The average molecular weight is 327 g/mol. The maximum Gasteiger partial charge on any atom is 0.273 e. The van der Waals surface area contributed by atoms with E-state index in [-0.39, 0.29) is 5.91 Å². The highest BCUT2D eigenvalue weighted by Crippen LogP contribution is 2.45. The number of aryl methyl sites for hydroxylation is 1. The zero-order valence-corrected chi connectivity index (χ0v) is 14.3. The van der Waals surface area contributed by atoms with Crippen molar-refractivity contribution < 1.29 is 4.79 Å². The Morgan fingerprint density at radius 1 is 1.26 bits per heavy atom. The van der Waals surface area contributed by atoms with Crippen molar-refractivity contribution in [3.05, 3.63) is 52.0 Å². The highest BCUT2D eigenvalue weighted by Gasteiger charge is 2.47. The molecular formula is C18H21N3OS. The lowest BCUT2D eigenvalue weighted by molar-refractivity contribution is 0.0763. The summed E-state index contributed by atoms with van der Waals surface area (Å²) in [4.78, 5) is 21.2. The first kappa shape index (κ1) is 14.8. The van der Waals surface area contributed by atoms with E-state index in [1.807, 2.05) is 10.3 Å². The van der Waals surface area contributed by atoms with Gasteiger partial charge < -0.3 is 4.90 Å². The van der Waals surface area contributed by atoms with Crippen molar-refractivity contribution in [3.63, 3.8) is 0 Å². The van der Waals surface area contributed by atoms with Crippen LogP contribution in [0.2, 0.25) is 0 Å². The predicted molar refractivity (Wildman–Crippen MR) is 91.5 cm³/mol. The van der Waals surface area contributed by atoms with Crippen molar-refractivity contribution in [1.29, 1.82) is 0 Å². The van der Waals surface area contributed by atoms with Crippen LogP contribution >= 0.6 is 11.3 Å². The molecule has 120 valence electrons. The Kier molecular flexibility index (Phi) is 3.70. The number of aromatic nitrogens is 1. The van der Waals surface area contributed by atoms with Gasteiger partial charge in [0, 0.05) is 37.0 Å². The summed E-state index contributed by atoms with van der Waals surface area (Å²) < 4.78 is 0. The average Bonchev–Trinajstić information content (AvgIpc) is 3.23. The second-order valence-electron chi connectivity index (χ2n) is 6.75. The molecule has 0 radical (unpaired) electrons. The van der Waals surface area contributed by atoms with Gasteiger partial charge in [-0.05, 0) is 31.0 Å². The maximum absolute atomic E-state index is 12.6. The Labute approximate surface area is 140 Å². The zero-order chi connectivity index (χ0) is 16.0. The van der Waals surface area contributed by atoms with Gasteiger partial charge in [-0.3, -0.25) is 9.69 Å². The molecule has 1 aromatic heterocycles. The summed E-state index contributed by atoms with van der Waals surface area (Å²) >= 11 is 1.48. The van der Waals surface area contributed by atoms with E-state index in [2.05, 4.69) is 48.1 Å². The molecule has 1 amide bonds. The second kappa shape index (κ2) is 5.73. The highest BCUT2D eigenvalue weighted by atomic mass is 32.1. The van der Waals surface area contributed by atoms with E-state index in [9.17, 15) is 4.79 Å². The molecule has 3 atom stereocenters. The largest absolute Gasteiger partial charge is 0.337 e. The van der Waals surface area contributed by atoms with E-state index in [1.165, 1.54) is 22.5 Å². The molecule has 0 aliphatic carbocycles. The standard InChI is InChI=1S/C18H21N3OS/c1-12-5-3-4-6-14(12)17-15-9-21(8-13(15)7-20(17)2)18(22)16-10-23-11-19-16/h3-6,10-11,13,15,17H,7-9H2,1-2H3/t13-,15+,17+/m0/s1. The van der Waals surface area contributed by atoms with Gasteiger partial charge >= 0.3 is 0 Å². The van der Waals surface area contributed by atoms with Crippen LogP contribution in [0.15, 0.2) is 35.2 Å². The van der Waals surface area contributed by atoms with Gasteiger partial charge in [0.1, 0.15) is 5.69 Å². The van der Waals surface area contributed by atoms with E-state index in [1.54, 1.807) is 5.51 Å². The highest BCUT2D eigenvalue weighted by molar-refractivity contribution is 7.07. The molecular weight excluding hydrogens is 306 g/mol. The van der Waals surface area contributed by atoms with Crippen LogP contribution in [0.3, 0.4) is 0 Å². The zero-order valence-electron chi connectivity index (χ0n) is 13.5. The van der Waals surface area contributed by atoms with Crippen molar-refractivity contribution in [2.75, 3.05) is 26.7 Å². The minimum Gasteiger partial charge on any atom is -0.337 e. The van der Waals surface area contributed by atoms with Gasteiger partial charge in [-0.25, -0.2) is 4.98 Å². The molecule has 0 N–H and O–H groups in total. The van der Waals surface area contributed by atoms with Crippen LogP contribution in [0.1, 0.15) is 27.7 Å². The third kappa shape index (κ3) is 2.48. The summed E-state index contributed by atoms with van der Waals surface area (Å²) in [5, 5.41) is 1.85. The van der Waals surface area contributed by atoms with E-state index in [4.69, 9.17) is 0 Å². The first-order chi connectivity index (χ1) is 11.1. The first-order valence-electron chi connectivity index (χ1n) is 8.08. The fourth-order valence-electron chi connectivity index (χ4n) is 4.29. The number of hydrogen-bond acceptors (Lipinski definition) is 4. The van der Waals surface area contributed by atoms with Crippen LogP contribution in [-0.2, 0) is 0 Å². The van der Waals surface area contributed by atoms with Crippen LogP contribution in [0.25, 0.3) is 0 Å². The fraction of sp³-hybridized carbons (Fsp3) is 0.444. The Balaban J connectivity index is 1.58. The monoisotopic (exact) mass is 327 g/mol. The van der Waals surface area contributed by atoms with Gasteiger partial charge in [-0.15, -0.1) is 11.3 Å². The molecule has 23 heavy (non-hydrogen) atoms. The number of carbonyl (C=O) groups is 1. The third-order valence-corrected chi connectivity index (χ3v) is 5.93. The number of carbonyl (C=O) groups excluding carboxylic acids is 1. The van der Waals surface area contributed by atoms with Crippen molar-refractivity contribution in [2.24, 2.45) is 11.8 Å². The van der Waals surface area contributed by atoms with Crippen molar-refractivity contribution in [2.45, 2.75) is 13.0 Å². The lowest BCUT2D eigenvalue weighted by Gasteiger charge is -2.27. The molecule has 0 spiro atoms. The number of thiazole rings is 1. The maximum atomic E-state index is 12.6. The first-order valence-corrected chi connectivity index (χ1v) is 9.02. The molecule has 5 heteroatoms. The number of likely N-dealkylation sites (tertiary alicyclic amines) is 2. The van der Waals surface area contributed by atoms with E-state index in [0.717, 1.165) is 19.6 Å². The Morgan fingerprint density at radius 3 is 2.83 bits per heavy atom. The summed E-state index contributed by atoms with van der Waals surface area (Å²) in [6.45, 7) is 4.94. The van der Waals surface area contributed by atoms with Gasteiger partial charge in [-0.2, -0.15) is 0 Å². The van der Waals surface area contributed by atoms with Crippen molar-refractivity contribution >= 4 is 17.2 Å². The van der Waals surface area contributed by atoms with E-state index < -0.39 is 0 Å². The Hall–Kier alpha value is -1.72. The normalized spacial score (nSPS) is 27.4.